The molecule has 0 aliphatic carbocycles. The Morgan fingerprint density at radius 1 is 1.12 bits per heavy atom. The molecule has 1 unspecified atom stereocenters. The molecule has 2 aliphatic heterocycles. The van der Waals surface area contributed by atoms with E-state index in [1.54, 1.807) is 26.0 Å². The third-order valence-corrected chi connectivity index (χ3v) is 7.46. The Morgan fingerprint density at radius 2 is 1.88 bits per heavy atom. The van der Waals surface area contributed by atoms with Crippen LogP contribution in [0, 0.1) is 11.6 Å². The number of esters is 1. The molecule has 0 fully saturated rings. The highest BCUT2D eigenvalue weighted by Gasteiger charge is 2.48. The number of carbonyl (C=O) groups is 2. The summed E-state index contributed by atoms with van der Waals surface area (Å²) < 4.78 is 89.3. The molecule has 0 bridgehead atoms. The van der Waals surface area contributed by atoms with Crippen molar-refractivity contribution in [1.82, 2.24) is 9.55 Å². The van der Waals surface area contributed by atoms with Crippen molar-refractivity contribution in [2.45, 2.75) is 51.6 Å². The summed E-state index contributed by atoms with van der Waals surface area (Å²) >= 11 is 0. The number of alkyl halides is 3. The van der Waals surface area contributed by atoms with Crippen LogP contribution in [0.5, 0.6) is 11.5 Å². The van der Waals surface area contributed by atoms with Gasteiger partial charge in [-0.3, -0.25) is 19.1 Å². The lowest BCUT2D eigenvalue weighted by molar-refractivity contribution is -0.171. The normalized spacial score (nSPS) is 19.0. The highest BCUT2D eigenvalue weighted by Crippen LogP contribution is 2.47. The predicted molar refractivity (Wildman–Crippen MR) is 143 cm³/mol. The van der Waals surface area contributed by atoms with Gasteiger partial charge >= 0.3 is 18.1 Å². The summed E-state index contributed by atoms with van der Waals surface area (Å²) in [5.41, 5.74) is 0.941. The first-order valence-corrected chi connectivity index (χ1v) is 13.4. The summed E-state index contributed by atoms with van der Waals surface area (Å²) in [5.74, 6) is -3.68. The molecule has 4 aromatic rings. The minimum Gasteiger partial charge on any atom is -0.488 e. The number of imidazole rings is 1. The van der Waals surface area contributed by atoms with Crippen LogP contribution in [-0.2, 0) is 20.7 Å². The molecule has 3 heterocycles. The van der Waals surface area contributed by atoms with Crippen LogP contribution in [0.4, 0.5) is 27.6 Å². The molecule has 2 aliphatic rings. The second kappa shape index (κ2) is 10.2. The maximum Gasteiger partial charge on any atom is 0.471 e. The lowest BCUT2D eigenvalue weighted by atomic mass is 10.0. The number of halogens is 5. The topological polar surface area (TPSA) is 82.9 Å². The first kappa shape index (κ1) is 28.4. The predicted octanol–water partition coefficient (Wildman–Crippen LogP) is 6.28. The zero-order valence-corrected chi connectivity index (χ0v) is 23.0. The Morgan fingerprint density at radius 3 is 2.58 bits per heavy atom. The number of hydrogen-bond donors (Lipinski definition) is 0. The highest BCUT2D eigenvalue weighted by atomic mass is 19.4. The minimum atomic E-state index is -5.24. The van der Waals surface area contributed by atoms with Gasteiger partial charge in [-0.1, -0.05) is 19.1 Å². The second-order valence-electron chi connectivity index (χ2n) is 10.2. The summed E-state index contributed by atoms with van der Waals surface area (Å²) in [7, 11) is 0. The average Bonchev–Trinajstić information content (AvgIpc) is 3.61. The molecule has 0 radical (unpaired) electrons. The number of ether oxygens (including phenoxy) is 3. The second-order valence-corrected chi connectivity index (χ2v) is 10.2. The van der Waals surface area contributed by atoms with Gasteiger partial charge in [0.1, 0.15) is 41.4 Å². The first-order valence-electron chi connectivity index (χ1n) is 13.4. The quantitative estimate of drug-likeness (QED) is 0.198. The average molecular weight is 602 g/mol. The maximum absolute atomic E-state index is 14.6. The molecule has 1 amide bonds. The van der Waals surface area contributed by atoms with Gasteiger partial charge in [0, 0.05) is 48.4 Å². The van der Waals surface area contributed by atoms with Crippen LogP contribution in [0.1, 0.15) is 49.9 Å². The fraction of sp³-hybridized carbons (Fsp3) is 0.300. The van der Waals surface area contributed by atoms with Crippen LogP contribution in [0.15, 0.2) is 48.5 Å². The molecule has 224 valence electrons. The lowest BCUT2D eigenvalue weighted by Crippen LogP contribution is -2.44. The van der Waals surface area contributed by atoms with E-state index in [2.05, 4.69) is 4.98 Å². The molecule has 43 heavy (non-hydrogen) atoms. The van der Waals surface area contributed by atoms with E-state index >= 15 is 0 Å². The zero-order chi connectivity index (χ0) is 30.8. The fourth-order valence-electron chi connectivity index (χ4n) is 5.70. The van der Waals surface area contributed by atoms with Crippen molar-refractivity contribution in [3.8, 4) is 17.2 Å². The van der Waals surface area contributed by atoms with Crippen LogP contribution >= 0.6 is 0 Å². The number of fused-ring (bicyclic) bond motifs is 3. The number of nitrogens with zero attached hydrogens (tertiary/aromatic N) is 3. The van der Waals surface area contributed by atoms with Crippen molar-refractivity contribution in [3.05, 3.63) is 77.1 Å². The van der Waals surface area contributed by atoms with Crippen LogP contribution in [0.2, 0.25) is 0 Å². The van der Waals surface area contributed by atoms with Gasteiger partial charge < -0.3 is 14.2 Å². The zero-order valence-electron chi connectivity index (χ0n) is 23.0. The number of para-hydroxylation sites is 1. The van der Waals surface area contributed by atoms with Crippen LogP contribution in [0.25, 0.3) is 16.7 Å². The van der Waals surface area contributed by atoms with Crippen molar-refractivity contribution in [3.63, 3.8) is 0 Å². The van der Waals surface area contributed by atoms with Crippen molar-refractivity contribution in [2.24, 2.45) is 0 Å². The van der Waals surface area contributed by atoms with E-state index in [0.29, 0.717) is 28.4 Å². The Bertz CT molecular complexity index is 1790. The van der Waals surface area contributed by atoms with E-state index in [0.717, 1.165) is 12.1 Å². The van der Waals surface area contributed by atoms with Crippen molar-refractivity contribution >= 4 is 28.6 Å². The number of carbonyl (C=O) groups excluding carboxylic acids is 2. The van der Waals surface area contributed by atoms with Crippen LogP contribution in [-0.4, -0.2) is 40.3 Å². The van der Waals surface area contributed by atoms with Gasteiger partial charge in [-0.05, 0) is 25.1 Å². The van der Waals surface area contributed by atoms with Gasteiger partial charge in [0.25, 0.3) is 0 Å². The van der Waals surface area contributed by atoms with Gasteiger partial charge in [0.2, 0.25) is 0 Å². The Hall–Kier alpha value is -4.68. The number of amides is 1. The molecular formula is C30H24F5N3O5. The molecular weight excluding hydrogens is 577 g/mol. The molecule has 6 rings (SSSR count). The third-order valence-electron chi connectivity index (χ3n) is 7.46. The van der Waals surface area contributed by atoms with Crippen molar-refractivity contribution < 1.29 is 45.8 Å². The Balaban J connectivity index is 1.47. The standard InChI is InChI=1S/C30H24F5N3O5/c1-4-25-36-26-20(32)10-16(31)11-22(26)38(25)21-7-5-6-18-23(13-41-28(18)21)37(29(40)30(33,34)35)17-8-9-19-24(12-17)42-14(2)27(19)43-15(3)39/h5-12,14,23,27H,4,13H2,1-3H3/t14?,23-,27-/m1/s1. The Kier molecular flexibility index (Phi) is 6.78. The maximum atomic E-state index is 14.6. The number of anilines is 1. The molecule has 13 heteroatoms. The molecule has 8 nitrogen and oxygen atoms in total. The molecule has 0 N–H and O–H groups in total. The summed E-state index contributed by atoms with van der Waals surface area (Å²) in [5, 5.41) is 0. The number of hydrogen-bond acceptors (Lipinski definition) is 6. The lowest BCUT2D eigenvalue weighted by Gasteiger charge is -2.29. The van der Waals surface area contributed by atoms with Gasteiger partial charge in [-0.2, -0.15) is 13.2 Å². The molecule has 3 aromatic carbocycles. The molecule has 0 spiro atoms. The number of benzene rings is 3. The number of rotatable bonds is 5. The van der Waals surface area contributed by atoms with E-state index in [1.165, 1.54) is 35.8 Å². The largest absolute Gasteiger partial charge is 0.488 e. The molecule has 0 saturated carbocycles. The van der Waals surface area contributed by atoms with Crippen molar-refractivity contribution in [1.29, 1.82) is 0 Å². The van der Waals surface area contributed by atoms with Gasteiger partial charge in [-0.25, -0.2) is 13.8 Å². The SMILES string of the molecule is CCc1nc2c(F)cc(F)cc2n1-c1cccc2c1OC[C@H]2N(C(=O)C(F)(F)F)c1ccc2c(c1)OC(C)[C@H]2OC(C)=O. The van der Waals surface area contributed by atoms with Crippen LogP contribution < -0.4 is 14.4 Å². The van der Waals surface area contributed by atoms with Gasteiger partial charge in [0.05, 0.1) is 17.2 Å². The highest BCUT2D eigenvalue weighted by molar-refractivity contribution is 5.98. The summed E-state index contributed by atoms with van der Waals surface area (Å²) in [4.78, 5) is 29.4. The van der Waals surface area contributed by atoms with E-state index < -0.39 is 47.9 Å². The molecule has 3 atom stereocenters. The first-order chi connectivity index (χ1) is 20.4. The number of aromatic nitrogens is 2. The van der Waals surface area contributed by atoms with Crippen LogP contribution in [0.3, 0.4) is 0 Å². The fourth-order valence-corrected chi connectivity index (χ4v) is 5.70. The van der Waals surface area contributed by atoms with E-state index in [9.17, 15) is 31.5 Å². The Labute approximate surface area is 241 Å². The number of aryl methyl sites for hydroxylation is 1. The monoisotopic (exact) mass is 601 g/mol. The van der Waals surface area contributed by atoms with Gasteiger partial charge in [-0.15, -0.1) is 0 Å². The van der Waals surface area contributed by atoms with E-state index in [-0.39, 0.29) is 40.4 Å². The smallest absolute Gasteiger partial charge is 0.471 e. The van der Waals surface area contributed by atoms with E-state index in [4.69, 9.17) is 14.2 Å². The summed E-state index contributed by atoms with van der Waals surface area (Å²) in [6.45, 7) is 4.31. The van der Waals surface area contributed by atoms with Crippen molar-refractivity contribution in [2.75, 3.05) is 11.5 Å². The summed E-state index contributed by atoms with van der Waals surface area (Å²) in [6, 6.07) is 9.38. The third kappa shape index (κ3) is 4.72. The minimum absolute atomic E-state index is 0.0706. The van der Waals surface area contributed by atoms with E-state index in [1.807, 2.05) is 0 Å². The molecule has 0 saturated heterocycles. The molecule has 1 aromatic heterocycles. The van der Waals surface area contributed by atoms with Gasteiger partial charge in [0.15, 0.2) is 11.9 Å². The summed E-state index contributed by atoms with van der Waals surface area (Å²) in [6.07, 6.45) is -6.28.